The number of aromatic nitrogens is 2. The highest BCUT2D eigenvalue weighted by molar-refractivity contribution is 7.80. The number of amides is 2. The Hall–Kier alpha value is -3.65. The Morgan fingerprint density at radius 1 is 1.10 bits per heavy atom. The molecule has 8 heteroatoms. The fraction of sp³-hybridized carbons (Fsp3) is 0.0909. The van der Waals surface area contributed by atoms with Crippen molar-refractivity contribution in [2.45, 2.75) is 13.8 Å². The van der Waals surface area contributed by atoms with Gasteiger partial charge in [0.05, 0.1) is 17.6 Å². The largest absolute Gasteiger partial charge is 0.316 e. The lowest BCUT2D eigenvalue weighted by Crippen LogP contribution is -2.54. The molecule has 3 heterocycles. The zero-order valence-electron chi connectivity index (χ0n) is 16.2. The highest BCUT2D eigenvalue weighted by Gasteiger charge is 2.34. The van der Waals surface area contributed by atoms with Crippen molar-refractivity contribution in [1.82, 2.24) is 14.9 Å². The molecular weight excluding hydrogens is 403 g/mol. The van der Waals surface area contributed by atoms with Crippen LogP contribution < -0.4 is 10.2 Å². The van der Waals surface area contributed by atoms with E-state index in [2.05, 4.69) is 10.3 Å². The molecule has 1 aliphatic heterocycles. The molecule has 0 unspecified atom stereocenters. The van der Waals surface area contributed by atoms with Crippen molar-refractivity contribution in [2.24, 2.45) is 0 Å². The topological polar surface area (TPSA) is 67.2 Å². The second-order valence-corrected chi connectivity index (χ2v) is 7.19. The van der Waals surface area contributed by atoms with Gasteiger partial charge in [-0.15, -0.1) is 0 Å². The zero-order valence-corrected chi connectivity index (χ0v) is 17.0. The van der Waals surface area contributed by atoms with Crippen molar-refractivity contribution in [2.75, 3.05) is 4.90 Å². The number of halogens is 1. The van der Waals surface area contributed by atoms with Gasteiger partial charge >= 0.3 is 0 Å². The van der Waals surface area contributed by atoms with Gasteiger partial charge in [-0.3, -0.25) is 24.8 Å². The van der Waals surface area contributed by atoms with E-state index in [1.165, 1.54) is 29.2 Å². The number of aryl methyl sites for hydroxylation is 1. The quantitative estimate of drug-likeness (QED) is 0.400. The summed E-state index contributed by atoms with van der Waals surface area (Å²) < 4.78 is 15.3. The van der Waals surface area contributed by atoms with Crippen LogP contribution in [-0.2, 0) is 9.59 Å². The first-order valence-electron chi connectivity index (χ1n) is 9.13. The van der Waals surface area contributed by atoms with Gasteiger partial charge in [-0.2, -0.15) is 0 Å². The van der Waals surface area contributed by atoms with Crippen LogP contribution in [0.5, 0.6) is 0 Å². The maximum atomic E-state index is 13.3. The van der Waals surface area contributed by atoms with Crippen LogP contribution in [0.4, 0.5) is 10.1 Å². The summed E-state index contributed by atoms with van der Waals surface area (Å²) in [4.78, 5) is 31.0. The van der Waals surface area contributed by atoms with Gasteiger partial charge < -0.3 is 4.57 Å². The molecule has 150 valence electrons. The predicted octanol–water partition coefficient (Wildman–Crippen LogP) is 3.46. The fourth-order valence-corrected chi connectivity index (χ4v) is 3.74. The number of nitrogens with zero attached hydrogens (tertiary/aromatic N) is 3. The van der Waals surface area contributed by atoms with E-state index < -0.39 is 17.6 Å². The summed E-state index contributed by atoms with van der Waals surface area (Å²) in [5.74, 6) is -1.58. The van der Waals surface area contributed by atoms with Crippen molar-refractivity contribution in [3.8, 4) is 5.69 Å². The minimum atomic E-state index is -0.574. The van der Waals surface area contributed by atoms with Crippen LogP contribution in [0.1, 0.15) is 17.0 Å². The number of hydrogen-bond donors (Lipinski definition) is 1. The molecule has 1 saturated heterocycles. The number of nitrogens with one attached hydrogen (secondary N) is 1. The van der Waals surface area contributed by atoms with E-state index in [1.54, 1.807) is 18.5 Å². The highest BCUT2D eigenvalue weighted by atomic mass is 32.1. The van der Waals surface area contributed by atoms with Crippen LogP contribution in [0.15, 0.2) is 60.4 Å². The van der Waals surface area contributed by atoms with E-state index in [1.807, 2.05) is 36.6 Å². The lowest BCUT2D eigenvalue weighted by Gasteiger charge is -2.28. The van der Waals surface area contributed by atoms with E-state index in [-0.39, 0.29) is 10.7 Å². The molecule has 2 aromatic heterocycles. The molecule has 6 nitrogen and oxygen atoms in total. The van der Waals surface area contributed by atoms with Crippen molar-refractivity contribution in [3.63, 3.8) is 0 Å². The van der Waals surface area contributed by atoms with Crippen LogP contribution in [-0.4, -0.2) is 26.5 Å². The number of carbonyl (C=O) groups excluding carboxylic acids is 2. The molecule has 0 spiro atoms. The minimum Gasteiger partial charge on any atom is -0.316 e. The van der Waals surface area contributed by atoms with Gasteiger partial charge in [0.15, 0.2) is 5.11 Å². The number of anilines is 1. The van der Waals surface area contributed by atoms with E-state index in [4.69, 9.17) is 12.2 Å². The Morgan fingerprint density at radius 2 is 1.83 bits per heavy atom. The fourth-order valence-electron chi connectivity index (χ4n) is 3.45. The monoisotopic (exact) mass is 420 g/mol. The van der Waals surface area contributed by atoms with Gasteiger partial charge in [0.2, 0.25) is 0 Å². The molecule has 3 aromatic rings. The first kappa shape index (κ1) is 19.7. The van der Waals surface area contributed by atoms with Crippen LogP contribution >= 0.6 is 12.2 Å². The second kappa shape index (κ2) is 7.64. The average Bonchev–Trinajstić information content (AvgIpc) is 3.00. The summed E-state index contributed by atoms with van der Waals surface area (Å²) >= 11 is 5.17. The van der Waals surface area contributed by atoms with E-state index in [0.717, 1.165) is 22.6 Å². The molecule has 0 saturated carbocycles. The van der Waals surface area contributed by atoms with Crippen LogP contribution in [0, 0.1) is 19.7 Å². The number of pyridine rings is 1. The standard InChI is InChI=1S/C22H17FN4O2S/c1-13-10-15(14(2)26(13)18-4-3-9-24-12-18)11-19-20(28)25-22(30)27(21(19)29)17-7-5-16(23)6-8-17/h3-12H,1-2H3,(H,25,28,30). The summed E-state index contributed by atoms with van der Waals surface area (Å²) in [7, 11) is 0. The van der Waals surface area contributed by atoms with Gasteiger partial charge in [-0.1, -0.05) is 0 Å². The van der Waals surface area contributed by atoms with Gasteiger partial charge in [0.1, 0.15) is 11.4 Å². The molecule has 0 bridgehead atoms. The number of thiocarbonyl (C=S) groups is 1. The van der Waals surface area contributed by atoms with Gasteiger partial charge in [0, 0.05) is 17.6 Å². The molecule has 30 heavy (non-hydrogen) atoms. The lowest BCUT2D eigenvalue weighted by atomic mass is 10.1. The SMILES string of the molecule is Cc1cc(C=C2C(=O)NC(=S)N(c3ccc(F)cc3)C2=O)c(C)n1-c1cccnc1. The third-order valence-electron chi connectivity index (χ3n) is 4.86. The second-order valence-electron chi connectivity index (χ2n) is 6.81. The molecule has 1 aliphatic rings. The summed E-state index contributed by atoms with van der Waals surface area (Å²) in [6.45, 7) is 3.84. The summed E-state index contributed by atoms with van der Waals surface area (Å²) in [6.07, 6.45) is 4.98. The summed E-state index contributed by atoms with van der Waals surface area (Å²) in [5, 5.41) is 2.49. The maximum absolute atomic E-state index is 13.3. The van der Waals surface area contributed by atoms with Gasteiger partial charge in [-0.05, 0) is 80.2 Å². The van der Waals surface area contributed by atoms with Gasteiger partial charge in [-0.25, -0.2) is 4.39 Å². The maximum Gasteiger partial charge on any atom is 0.270 e. The van der Waals surface area contributed by atoms with Crippen LogP contribution in [0.2, 0.25) is 0 Å². The lowest BCUT2D eigenvalue weighted by molar-refractivity contribution is -0.122. The third-order valence-corrected chi connectivity index (χ3v) is 5.15. The van der Waals surface area contributed by atoms with Crippen molar-refractivity contribution in [3.05, 3.63) is 83.2 Å². The van der Waals surface area contributed by atoms with E-state index in [0.29, 0.717) is 5.69 Å². The molecule has 1 fully saturated rings. The zero-order chi connectivity index (χ0) is 21.4. The van der Waals surface area contributed by atoms with Crippen molar-refractivity contribution in [1.29, 1.82) is 0 Å². The first-order valence-corrected chi connectivity index (χ1v) is 9.54. The molecule has 0 radical (unpaired) electrons. The minimum absolute atomic E-state index is 0.0467. The third kappa shape index (κ3) is 3.42. The molecular formula is C22H17FN4O2S. The smallest absolute Gasteiger partial charge is 0.270 e. The van der Waals surface area contributed by atoms with Crippen molar-refractivity contribution >= 4 is 40.9 Å². The Kier molecular flexibility index (Phi) is 5.01. The molecule has 2 amide bonds. The first-order chi connectivity index (χ1) is 14.4. The van der Waals surface area contributed by atoms with E-state index in [9.17, 15) is 14.0 Å². The molecule has 1 N–H and O–H groups in total. The van der Waals surface area contributed by atoms with Crippen molar-refractivity contribution < 1.29 is 14.0 Å². The number of carbonyl (C=O) groups is 2. The Morgan fingerprint density at radius 3 is 2.50 bits per heavy atom. The molecule has 4 rings (SSSR count). The Balaban J connectivity index is 1.76. The number of hydrogen-bond acceptors (Lipinski definition) is 4. The van der Waals surface area contributed by atoms with E-state index >= 15 is 0 Å². The van der Waals surface area contributed by atoms with Crippen LogP contribution in [0.3, 0.4) is 0 Å². The average molecular weight is 420 g/mol. The van der Waals surface area contributed by atoms with Crippen LogP contribution in [0.25, 0.3) is 11.8 Å². The molecule has 1 aromatic carbocycles. The number of rotatable bonds is 3. The number of benzene rings is 1. The molecule has 0 aliphatic carbocycles. The normalized spacial score (nSPS) is 15.6. The van der Waals surface area contributed by atoms with Gasteiger partial charge in [0.25, 0.3) is 11.8 Å². The summed E-state index contributed by atoms with van der Waals surface area (Å²) in [6, 6.07) is 11.0. The Bertz CT molecular complexity index is 1200. The highest BCUT2D eigenvalue weighted by Crippen LogP contribution is 2.26. The Labute approximate surface area is 177 Å². The summed E-state index contributed by atoms with van der Waals surface area (Å²) in [5.41, 5.74) is 3.71. The predicted molar refractivity (Wildman–Crippen MR) is 116 cm³/mol. The molecule has 0 atom stereocenters.